The van der Waals surface area contributed by atoms with Crippen LogP contribution in [0.3, 0.4) is 0 Å². The molecular formula is C12H15BrN2O. The predicted molar refractivity (Wildman–Crippen MR) is 68.3 cm³/mol. The first-order valence-corrected chi connectivity index (χ1v) is 6.23. The quantitative estimate of drug-likeness (QED) is 0.874. The highest BCUT2D eigenvalue weighted by molar-refractivity contribution is 9.10. The van der Waals surface area contributed by atoms with E-state index in [4.69, 9.17) is 0 Å². The fourth-order valence-corrected chi connectivity index (χ4v) is 2.19. The Kier molecular flexibility index (Phi) is 3.61. The van der Waals surface area contributed by atoms with Crippen molar-refractivity contribution in [3.63, 3.8) is 0 Å². The molecule has 1 aromatic rings. The van der Waals surface area contributed by atoms with Crippen molar-refractivity contribution in [1.82, 2.24) is 5.32 Å². The van der Waals surface area contributed by atoms with Crippen molar-refractivity contribution >= 4 is 27.5 Å². The minimum absolute atomic E-state index is 0.0867. The van der Waals surface area contributed by atoms with Crippen LogP contribution in [0, 0.1) is 11.8 Å². The van der Waals surface area contributed by atoms with E-state index in [0.29, 0.717) is 5.92 Å². The van der Waals surface area contributed by atoms with Gasteiger partial charge in [-0.3, -0.25) is 4.79 Å². The molecule has 0 saturated carbocycles. The lowest BCUT2D eigenvalue weighted by atomic mass is 9.97. The number of carbonyl (C=O) groups is 1. The van der Waals surface area contributed by atoms with Crippen LogP contribution < -0.4 is 10.6 Å². The summed E-state index contributed by atoms with van der Waals surface area (Å²) in [5, 5.41) is 6.17. The summed E-state index contributed by atoms with van der Waals surface area (Å²) in [6, 6.07) is 7.64. The number of rotatable bonds is 2. The van der Waals surface area contributed by atoms with E-state index in [0.717, 1.165) is 23.2 Å². The van der Waals surface area contributed by atoms with Crippen LogP contribution in [0.2, 0.25) is 0 Å². The molecule has 1 aliphatic heterocycles. The van der Waals surface area contributed by atoms with Gasteiger partial charge in [0, 0.05) is 16.7 Å². The summed E-state index contributed by atoms with van der Waals surface area (Å²) in [6.45, 7) is 3.81. The van der Waals surface area contributed by atoms with Crippen LogP contribution in [0.15, 0.2) is 28.7 Å². The molecule has 0 spiro atoms. The number of anilines is 1. The molecule has 1 heterocycles. The van der Waals surface area contributed by atoms with E-state index in [9.17, 15) is 4.79 Å². The molecule has 4 heteroatoms. The summed E-state index contributed by atoms with van der Waals surface area (Å²) in [7, 11) is 0. The van der Waals surface area contributed by atoms with Crippen molar-refractivity contribution in [2.24, 2.45) is 11.8 Å². The van der Waals surface area contributed by atoms with E-state index in [2.05, 4.69) is 33.5 Å². The Hall–Kier alpha value is -0.870. The van der Waals surface area contributed by atoms with Crippen molar-refractivity contribution in [2.75, 3.05) is 18.4 Å². The first-order valence-electron chi connectivity index (χ1n) is 5.44. The van der Waals surface area contributed by atoms with Crippen LogP contribution in [-0.2, 0) is 4.79 Å². The number of carbonyl (C=O) groups excluding carboxylic acids is 1. The number of hydrogen-bond acceptors (Lipinski definition) is 2. The first-order chi connectivity index (χ1) is 7.66. The fraction of sp³-hybridized carbons (Fsp3) is 0.417. The Morgan fingerprint density at radius 2 is 2.06 bits per heavy atom. The standard InChI is InChI=1S/C12H15BrN2O/c1-8-6-14-7-11(8)12(16)15-10-4-2-9(13)3-5-10/h2-5,8,11,14H,6-7H2,1H3,(H,15,16). The van der Waals surface area contributed by atoms with Gasteiger partial charge in [-0.2, -0.15) is 0 Å². The zero-order valence-corrected chi connectivity index (χ0v) is 10.8. The molecule has 1 fully saturated rings. The molecule has 1 amide bonds. The largest absolute Gasteiger partial charge is 0.326 e. The maximum absolute atomic E-state index is 11.9. The second-order valence-corrected chi connectivity index (χ2v) is 5.15. The number of hydrogen-bond donors (Lipinski definition) is 2. The van der Waals surface area contributed by atoms with E-state index in [1.807, 2.05) is 24.3 Å². The highest BCUT2D eigenvalue weighted by atomic mass is 79.9. The molecule has 0 radical (unpaired) electrons. The van der Waals surface area contributed by atoms with Crippen LogP contribution in [0.1, 0.15) is 6.92 Å². The summed E-state index contributed by atoms with van der Waals surface area (Å²) in [4.78, 5) is 11.9. The van der Waals surface area contributed by atoms with Crippen molar-refractivity contribution in [3.05, 3.63) is 28.7 Å². The fourth-order valence-electron chi connectivity index (χ4n) is 1.93. The molecule has 1 aromatic carbocycles. The van der Waals surface area contributed by atoms with Crippen LogP contribution in [-0.4, -0.2) is 19.0 Å². The van der Waals surface area contributed by atoms with Gasteiger partial charge in [-0.05, 0) is 36.7 Å². The maximum Gasteiger partial charge on any atom is 0.229 e. The second kappa shape index (κ2) is 4.97. The summed E-state index contributed by atoms with van der Waals surface area (Å²) in [6.07, 6.45) is 0. The molecule has 1 saturated heterocycles. The SMILES string of the molecule is CC1CNCC1C(=O)Nc1ccc(Br)cc1. The minimum Gasteiger partial charge on any atom is -0.326 e. The Balaban J connectivity index is 1.99. The molecule has 2 rings (SSSR count). The first kappa shape index (κ1) is 11.6. The molecule has 0 aromatic heterocycles. The zero-order valence-electron chi connectivity index (χ0n) is 9.16. The van der Waals surface area contributed by atoms with Gasteiger partial charge in [-0.1, -0.05) is 22.9 Å². The van der Waals surface area contributed by atoms with Gasteiger partial charge >= 0.3 is 0 Å². The Labute approximate surface area is 104 Å². The molecule has 3 nitrogen and oxygen atoms in total. The number of halogens is 1. The van der Waals surface area contributed by atoms with E-state index >= 15 is 0 Å². The monoisotopic (exact) mass is 282 g/mol. The van der Waals surface area contributed by atoms with Crippen LogP contribution in [0.25, 0.3) is 0 Å². The molecule has 2 atom stereocenters. The second-order valence-electron chi connectivity index (χ2n) is 4.24. The van der Waals surface area contributed by atoms with Gasteiger partial charge in [0.25, 0.3) is 0 Å². The Bertz CT molecular complexity index is 377. The summed E-state index contributed by atoms with van der Waals surface area (Å²) in [5.41, 5.74) is 0.854. The smallest absolute Gasteiger partial charge is 0.229 e. The van der Waals surface area contributed by atoms with Crippen LogP contribution >= 0.6 is 15.9 Å². The molecule has 86 valence electrons. The molecule has 0 aliphatic carbocycles. The third-order valence-corrected chi connectivity index (χ3v) is 3.49. The molecule has 0 bridgehead atoms. The predicted octanol–water partition coefficient (Wildman–Crippen LogP) is 2.24. The number of benzene rings is 1. The van der Waals surface area contributed by atoms with Gasteiger partial charge in [-0.25, -0.2) is 0 Å². The highest BCUT2D eigenvalue weighted by Crippen LogP contribution is 2.19. The average molecular weight is 283 g/mol. The average Bonchev–Trinajstić information content (AvgIpc) is 2.68. The van der Waals surface area contributed by atoms with Crippen LogP contribution in [0.5, 0.6) is 0 Å². The summed E-state index contributed by atoms with van der Waals surface area (Å²) in [5.74, 6) is 0.610. The zero-order chi connectivity index (χ0) is 11.5. The van der Waals surface area contributed by atoms with Gasteiger partial charge in [0.1, 0.15) is 0 Å². The van der Waals surface area contributed by atoms with E-state index < -0.39 is 0 Å². The van der Waals surface area contributed by atoms with Gasteiger partial charge in [-0.15, -0.1) is 0 Å². The molecule has 2 N–H and O–H groups in total. The van der Waals surface area contributed by atoms with Crippen molar-refractivity contribution in [1.29, 1.82) is 0 Å². The highest BCUT2D eigenvalue weighted by Gasteiger charge is 2.29. The van der Waals surface area contributed by atoms with Crippen molar-refractivity contribution < 1.29 is 4.79 Å². The van der Waals surface area contributed by atoms with E-state index in [-0.39, 0.29) is 11.8 Å². The van der Waals surface area contributed by atoms with Crippen LogP contribution in [0.4, 0.5) is 5.69 Å². The maximum atomic E-state index is 11.9. The van der Waals surface area contributed by atoms with Gasteiger partial charge in [0.2, 0.25) is 5.91 Å². The third-order valence-electron chi connectivity index (χ3n) is 2.97. The topological polar surface area (TPSA) is 41.1 Å². The number of amides is 1. The molecule has 1 aliphatic rings. The Morgan fingerprint density at radius 3 is 2.62 bits per heavy atom. The van der Waals surface area contributed by atoms with Crippen molar-refractivity contribution in [2.45, 2.75) is 6.92 Å². The molecule has 16 heavy (non-hydrogen) atoms. The van der Waals surface area contributed by atoms with Gasteiger partial charge in [0.15, 0.2) is 0 Å². The summed E-state index contributed by atoms with van der Waals surface area (Å²) >= 11 is 3.36. The lowest BCUT2D eigenvalue weighted by molar-refractivity contribution is -0.120. The van der Waals surface area contributed by atoms with Crippen molar-refractivity contribution in [3.8, 4) is 0 Å². The van der Waals surface area contributed by atoms with E-state index in [1.165, 1.54) is 0 Å². The van der Waals surface area contributed by atoms with E-state index in [1.54, 1.807) is 0 Å². The van der Waals surface area contributed by atoms with Gasteiger partial charge in [0.05, 0.1) is 5.92 Å². The van der Waals surface area contributed by atoms with Gasteiger partial charge < -0.3 is 10.6 Å². The molecule has 2 unspecified atom stereocenters. The molecular weight excluding hydrogens is 268 g/mol. The lowest BCUT2D eigenvalue weighted by Crippen LogP contribution is -2.27. The Morgan fingerprint density at radius 1 is 1.38 bits per heavy atom. The third kappa shape index (κ3) is 2.62. The lowest BCUT2D eigenvalue weighted by Gasteiger charge is -2.14. The minimum atomic E-state index is 0.0867. The number of nitrogens with one attached hydrogen (secondary N) is 2. The normalized spacial score (nSPS) is 24.4. The summed E-state index contributed by atoms with van der Waals surface area (Å²) < 4.78 is 1.02.